The number of aliphatic imine (C=N–C) groups is 1. The van der Waals surface area contributed by atoms with E-state index in [1.54, 1.807) is 0 Å². The van der Waals surface area contributed by atoms with E-state index in [2.05, 4.69) is 29.1 Å². The normalized spacial score (nSPS) is 19.3. The first-order valence-corrected chi connectivity index (χ1v) is 9.00. The molecular formula is C19H31FN4O. The van der Waals surface area contributed by atoms with Crippen molar-refractivity contribution in [1.82, 2.24) is 15.1 Å². The SMILES string of the molecule is CCNC(=NCC(c1ccc(F)cc1)N(C)C)N(C)CC1CCOC1. The summed E-state index contributed by atoms with van der Waals surface area (Å²) in [5.74, 6) is 1.26. The lowest BCUT2D eigenvalue weighted by Crippen LogP contribution is -2.42. The van der Waals surface area contributed by atoms with Crippen molar-refractivity contribution in [3.63, 3.8) is 0 Å². The zero-order valence-electron chi connectivity index (χ0n) is 15.8. The summed E-state index contributed by atoms with van der Waals surface area (Å²) in [4.78, 5) is 9.13. The highest BCUT2D eigenvalue weighted by atomic mass is 19.1. The Kier molecular flexibility index (Phi) is 7.65. The highest BCUT2D eigenvalue weighted by Gasteiger charge is 2.20. The number of guanidine groups is 1. The molecule has 1 aliphatic rings. The van der Waals surface area contributed by atoms with Crippen LogP contribution in [0.1, 0.15) is 24.9 Å². The fourth-order valence-electron chi connectivity index (χ4n) is 3.10. The van der Waals surface area contributed by atoms with Gasteiger partial charge >= 0.3 is 0 Å². The van der Waals surface area contributed by atoms with Gasteiger partial charge in [-0.25, -0.2) is 4.39 Å². The maximum atomic E-state index is 13.2. The topological polar surface area (TPSA) is 40.1 Å². The summed E-state index contributed by atoms with van der Waals surface area (Å²) in [5, 5.41) is 3.37. The van der Waals surface area contributed by atoms with Crippen LogP contribution in [0.4, 0.5) is 4.39 Å². The number of nitrogens with one attached hydrogen (secondary N) is 1. The fourth-order valence-corrected chi connectivity index (χ4v) is 3.10. The molecule has 1 N–H and O–H groups in total. The highest BCUT2D eigenvalue weighted by molar-refractivity contribution is 5.79. The number of ether oxygens (including phenoxy) is 1. The molecule has 0 saturated carbocycles. The van der Waals surface area contributed by atoms with Gasteiger partial charge in [-0.05, 0) is 45.1 Å². The molecule has 5 nitrogen and oxygen atoms in total. The number of hydrogen-bond acceptors (Lipinski definition) is 3. The predicted octanol–water partition coefficient (Wildman–Crippen LogP) is 2.36. The minimum absolute atomic E-state index is 0.109. The molecule has 1 saturated heterocycles. The van der Waals surface area contributed by atoms with Gasteiger partial charge in [0.2, 0.25) is 0 Å². The van der Waals surface area contributed by atoms with E-state index in [1.165, 1.54) is 12.1 Å². The second-order valence-electron chi connectivity index (χ2n) is 6.84. The van der Waals surface area contributed by atoms with Crippen molar-refractivity contribution in [2.45, 2.75) is 19.4 Å². The molecule has 140 valence electrons. The minimum atomic E-state index is -0.211. The Labute approximate surface area is 150 Å². The molecule has 0 amide bonds. The Balaban J connectivity index is 2.06. The van der Waals surface area contributed by atoms with E-state index in [1.807, 2.05) is 26.2 Å². The van der Waals surface area contributed by atoms with Crippen molar-refractivity contribution in [3.8, 4) is 0 Å². The monoisotopic (exact) mass is 350 g/mol. The summed E-state index contributed by atoms with van der Waals surface area (Å²) in [6.07, 6.45) is 1.11. The minimum Gasteiger partial charge on any atom is -0.381 e. The zero-order valence-corrected chi connectivity index (χ0v) is 15.8. The molecule has 1 aliphatic heterocycles. The number of nitrogens with zero attached hydrogens (tertiary/aromatic N) is 3. The van der Waals surface area contributed by atoms with Gasteiger partial charge in [-0.1, -0.05) is 12.1 Å². The third kappa shape index (κ3) is 5.97. The molecule has 0 radical (unpaired) electrons. The summed E-state index contributed by atoms with van der Waals surface area (Å²) in [6, 6.07) is 6.79. The first-order chi connectivity index (χ1) is 12.0. The van der Waals surface area contributed by atoms with E-state index >= 15 is 0 Å². The van der Waals surface area contributed by atoms with Crippen LogP contribution < -0.4 is 5.32 Å². The third-order valence-electron chi connectivity index (χ3n) is 4.54. The van der Waals surface area contributed by atoms with Gasteiger partial charge < -0.3 is 19.9 Å². The van der Waals surface area contributed by atoms with Crippen molar-refractivity contribution in [2.75, 3.05) is 54.0 Å². The van der Waals surface area contributed by atoms with Crippen molar-refractivity contribution >= 4 is 5.96 Å². The number of likely N-dealkylation sites (N-methyl/N-ethyl adjacent to an activating group) is 1. The Morgan fingerprint density at radius 3 is 2.60 bits per heavy atom. The molecule has 1 heterocycles. The van der Waals surface area contributed by atoms with Crippen LogP contribution in [-0.2, 0) is 4.74 Å². The number of hydrogen-bond donors (Lipinski definition) is 1. The molecule has 1 fully saturated rings. The molecule has 25 heavy (non-hydrogen) atoms. The third-order valence-corrected chi connectivity index (χ3v) is 4.54. The van der Waals surface area contributed by atoms with Crippen LogP contribution in [0, 0.1) is 11.7 Å². The maximum absolute atomic E-state index is 13.2. The highest BCUT2D eigenvalue weighted by Crippen LogP contribution is 2.19. The molecule has 0 spiro atoms. The first kappa shape index (κ1) is 19.7. The van der Waals surface area contributed by atoms with Crippen molar-refractivity contribution < 1.29 is 9.13 Å². The van der Waals surface area contributed by atoms with Crippen LogP contribution in [0.25, 0.3) is 0 Å². The van der Waals surface area contributed by atoms with Crippen LogP contribution in [0.5, 0.6) is 0 Å². The Morgan fingerprint density at radius 2 is 2.04 bits per heavy atom. The summed E-state index contributed by atoms with van der Waals surface area (Å²) >= 11 is 0. The molecule has 0 aromatic heterocycles. The van der Waals surface area contributed by atoms with E-state index in [4.69, 9.17) is 9.73 Å². The van der Waals surface area contributed by atoms with Gasteiger partial charge in [0.25, 0.3) is 0 Å². The number of halogens is 1. The standard InChI is InChI=1S/C19H31FN4O/c1-5-21-19(24(4)13-15-10-11-25-14-15)22-12-18(23(2)3)16-6-8-17(20)9-7-16/h6-9,15,18H,5,10-14H2,1-4H3,(H,21,22). The van der Waals surface area contributed by atoms with E-state index in [-0.39, 0.29) is 11.9 Å². The Morgan fingerprint density at radius 1 is 1.32 bits per heavy atom. The molecule has 2 atom stereocenters. The second-order valence-corrected chi connectivity index (χ2v) is 6.84. The van der Waals surface area contributed by atoms with Gasteiger partial charge in [-0.15, -0.1) is 0 Å². The van der Waals surface area contributed by atoms with Crippen LogP contribution in [0.2, 0.25) is 0 Å². The van der Waals surface area contributed by atoms with Gasteiger partial charge in [0.15, 0.2) is 5.96 Å². The van der Waals surface area contributed by atoms with Crippen molar-refractivity contribution in [3.05, 3.63) is 35.6 Å². The maximum Gasteiger partial charge on any atom is 0.193 e. The van der Waals surface area contributed by atoms with E-state index < -0.39 is 0 Å². The van der Waals surface area contributed by atoms with E-state index in [0.29, 0.717) is 12.5 Å². The first-order valence-electron chi connectivity index (χ1n) is 9.00. The molecule has 2 unspecified atom stereocenters. The lowest BCUT2D eigenvalue weighted by atomic mass is 10.1. The predicted molar refractivity (Wildman–Crippen MR) is 100 cm³/mol. The zero-order chi connectivity index (χ0) is 18.2. The van der Waals surface area contributed by atoms with Crippen LogP contribution in [-0.4, -0.2) is 69.8 Å². The van der Waals surface area contributed by atoms with Crippen LogP contribution in [0.3, 0.4) is 0 Å². The van der Waals surface area contributed by atoms with Crippen LogP contribution in [0.15, 0.2) is 29.3 Å². The Hall–Kier alpha value is -1.66. The molecule has 6 heteroatoms. The average molecular weight is 350 g/mol. The Bertz CT molecular complexity index is 541. The summed E-state index contributed by atoms with van der Waals surface area (Å²) < 4.78 is 18.7. The van der Waals surface area contributed by atoms with Gasteiger partial charge in [0.1, 0.15) is 5.82 Å². The van der Waals surface area contributed by atoms with Gasteiger partial charge in [0.05, 0.1) is 19.2 Å². The summed E-state index contributed by atoms with van der Waals surface area (Å²) in [5.41, 5.74) is 1.07. The largest absolute Gasteiger partial charge is 0.381 e. The fraction of sp³-hybridized carbons (Fsp3) is 0.632. The van der Waals surface area contributed by atoms with Gasteiger partial charge in [-0.3, -0.25) is 4.99 Å². The molecule has 2 rings (SSSR count). The number of benzene rings is 1. The second kappa shape index (κ2) is 9.73. The van der Waals surface area contributed by atoms with E-state index in [9.17, 15) is 4.39 Å². The van der Waals surface area contributed by atoms with Crippen molar-refractivity contribution in [2.24, 2.45) is 10.9 Å². The summed E-state index contributed by atoms with van der Waals surface area (Å²) in [7, 11) is 6.12. The van der Waals surface area contributed by atoms with Crippen molar-refractivity contribution in [1.29, 1.82) is 0 Å². The van der Waals surface area contributed by atoms with Crippen LogP contribution >= 0.6 is 0 Å². The molecule has 1 aromatic rings. The lowest BCUT2D eigenvalue weighted by Gasteiger charge is -2.27. The van der Waals surface area contributed by atoms with Gasteiger partial charge in [0, 0.05) is 32.7 Å². The molecule has 1 aromatic carbocycles. The smallest absolute Gasteiger partial charge is 0.193 e. The lowest BCUT2D eigenvalue weighted by molar-refractivity contribution is 0.181. The summed E-state index contributed by atoms with van der Waals surface area (Å²) in [6.45, 7) is 6.15. The average Bonchev–Trinajstić information content (AvgIpc) is 3.08. The number of rotatable bonds is 7. The molecule has 0 aliphatic carbocycles. The van der Waals surface area contributed by atoms with Gasteiger partial charge in [-0.2, -0.15) is 0 Å². The molecular weight excluding hydrogens is 319 g/mol. The quantitative estimate of drug-likeness (QED) is 0.605. The van der Waals surface area contributed by atoms with E-state index in [0.717, 1.165) is 44.2 Å². The molecule has 0 bridgehead atoms.